The molecule has 0 spiro atoms. The van der Waals surface area contributed by atoms with Crippen LogP contribution in [0.25, 0.3) is 0 Å². The van der Waals surface area contributed by atoms with Crippen LogP contribution in [0.3, 0.4) is 0 Å². The van der Waals surface area contributed by atoms with Crippen LogP contribution in [0.1, 0.15) is 26.3 Å². The zero-order chi connectivity index (χ0) is 17.2. The highest BCUT2D eigenvalue weighted by molar-refractivity contribution is 7.89. The summed E-state index contributed by atoms with van der Waals surface area (Å²) >= 11 is 5.78. The summed E-state index contributed by atoms with van der Waals surface area (Å²) in [5, 5.41) is 4.99. The first kappa shape index (κ1) is 17.1. The molecule has 6 nitrogen and oxygen atoms in total. The Balaban J connectivity index is 2.40. The summed E-state index contributed by atoms with van der Waals surface area (Å²) in [6.07, 6.45) is 0. The Kier molecular flexibility index (Phi) is 4.84. The number of esters is 1. The third-order valence-corrected chi connectivity index (χ3v) is 4.46. The van der Waals surface area contributed by atoms with E-state index in [1.807, 2.05) is 0 Å². The second-order valence-corrected chi connectivity index (χ2v) is 6.53. The fourth-order valence-electron chi connectivity index (χ4n) is 1.90. The van der Waals surface area contributed by atoms with Crippen LogP contribution >= 0.6 is 11.6 Å². The maximum Gasteiger partial charge on any atom is 0.337 e. The number of rotatable bonds is 4. The number of hydrogen-bond donors (Lipinski definition) is 1. The first-order chi connectivity index (χ1) is 10.7. The molecule has 0 unspecified atom stereocenters. The zero-order valence-corrected chi connectivity index (χ0v) is 13.5. The van der Waals surface area contributed by atoms with E-state index in [-0.39, 0.29) is 21.0 Å². The molecule has 0 aliphatic carbocycles. The van der Waals surface area contributed by atoms with Crippen LogP contribution < -0.4 is 5.14 Å². The highest BCUT2D eigenvalue weighted by Gasteiger charge is 2.17. The highest BCUT2D eigenvalue weighted by atomic mass is 35.5. The molecule has 2 N–H and O–H groups in total. The van der Waals surface area contributed by atoms with Gasteiger partial charge in [-0.25, -0.2) is 18.4 Å². The van der Waals surface area contributed by atoms with Crippen molar-refractivity contribution in [1.82, 2.24) is 0 Å². The average Bonchev–Trinajstić information content (AvgIpc) is 2.53. The molecule has 0 aliphatic heterocycles. The van der Waals surface area contributed by atoms with Crippen LogP contribution in [-0.2, 0) is 14.8 Å². The Bertz CT molecular complexity index is 875. The number of carbonyl (C=O) groups excluding carboxylic acids is 2. The topological polar surface area (TPSA) is 104 Å². The number of ketones is 1. The first-order valence-electron chi connectivity index (χ1n) is 6.29. The van der Waals surface area contributed by atoms with Crippen LogP contribution in [0.4, 0.5) is 0 Å². The van der Waals surface area contributed by atoms with Crippen molar-refractivity contribution in [3.05, 3.63) is 64.2 Å². The van der Waals surface area contributed by atoms with Gasteiger partial charge in [-0.05, 0) is 30.3 Å². The molecule has 120 valence electrons. The number of primary sulfonamides is 1. The van der Waals surface area contributed by atoms with Gasteiger partial charge in [0.05, 0.1) is 17.7 Å². The fraction of sp³-hybridized carbons (Fsp3) is 0.0667. The minimum absolute atomic E-state index is 0.0647. The van der Waals surface area contributed by atoms with E-state index in [1.165, 1.54) is 43.5 Å². The average molecular weight is 354 g/mol. The normalized spacial score (nSPS) is 11.1. The molecule has 0 saturated carbocycles. The molecule has 0 saturated heterocycles. The van der Waals surface area contributed by atoms with Gasteiger partial charge >= 0.3 is 5.97 Å². The molecule has 23 heavy (non-hydrogen) atoms. The summed E-state index contributed by atoms with van der Waals surface area (Å²) in [5.41, 5.74) is 0.690. The van der Waals surface area contributed by atoms with Gasteiger partial charge in [0.25, 0.3) is 0 Å². The first-order valence-corrected chi connectivity index (χ1v) is 8.22. The lowest BCUT2D eigenvalue weighted by Gasteiger charge is -2.06. The molecule has 0 radical (unpaired) electrons. The van der Waals surface area contributed by atoms with Crippen molar-refractivity contribution in [2.75, 3.05) is 7.11 Å². The number of sulfonamides is 1. The summed E-state index contributed by atoms with van der Waals surface area (Å²) in [4.78, 5) is 23.4. The van der Waals surface area contributed by atoms with Crippen LogP contribution in [0, 0.1) is 0 Å². The summed E-state index contributed by atoms with van der Waals surface area (Å²) in [7, 11) is -2.78. The molecular formula is C15H12ClNO5S. The molecule has 0 aromatic heterocycles. The minimum atomic E-state index is -4.04. The van der Waals surface area contributed by atoms with Gasteiger partial charge in [0.2, 0.25) is 10.0 Å². The van der Waals surface area contributed by atoms with Gasteiger partial charge < -0.3 is 4.74 Å². The monoisotopic (exact) mass is 353 g/mol. The summed E-state index contributed by atoms with van der Waals surface area (Å²) in [5.74, 6) is -0.949. The van der Waals surface area contributed by atoms with Gasteiger partial charge in [0.15, 0.2) is 5.78 Å². The van der Waals surface area contributed by atoms with E-state index in [2.05, 4.69) is 4.74 Å². The maximum absolute atomic E-state index is 12.4. The van der Waals surface area contributed by atoms with Crippen LogP contribution in [0.2, 0.25) is 5.02 Å². The summed E-state index contributed by atoms with van der Waals surface area (Å²) < 4.78 is 27.5. The van der Waals surface area contributed by atoms with Gasteiger partial charge in [-0.1, -0.05) is 23.7 Å². The number of methoxy groups -OCH3 is 1. The molecule has 0 fully saturated rings. The lowest BCUT2D eigenvalue weighted by atomic mass is 10.0. The smallest absolute Gasteiger partial charge is 0.337 e. The second-order valence-electron chi connectivity index (χ2n) is 4.59. The molecule has 0 atom stereocenters. The Morgan fingerprint density at radius 1 is 1.00 bits per heavy atom. The summed E-state index contributed by atoms with van der Waals surface area (Å²) in [6, 6.07) is 9.57. The molecule has 0 amide bonds. The predicted octanol–water partition coefficient (Wildman–Crippen LogP) is 2.00. The van der Waals surface area contributed by atoms with E-state index in [0.29, 0.717) is 5.56 Å². The molecule has 2 rings (SSSR count). The van der Waals surface area contributed by atoms with Crippen LogP contribution in [-0.4, -0.2) is 27.3 Å². The van der Waals surface area contributed by atoms with Crippen molar-refractivity contribution in [1.29, 1.82) is 0 Å². The van der Waals surface area contributed by atoms with E-state index in [0.717, 1.165) is 6.07 Å². The van der Waals surface area contributed by atoms with Crippen molar-refractivity contribution in [3.63, 3.8) is 0 Å². The second kappa shape index (κ2) is 6.49. The third-order valence-electron chi connectivity index (χ3n) is 3.07. The Morgan fingerprint density at radius 3 is 2.04 bits per heavy atom. The summed E-state index contributed by atoms with van der Waals surface area (Å²) in [6.45, 7) is 0. The Labute approximate surface area is 137 Å². The number of nitrogens with two attached hydrogens (primary N) is 1. The molecular weight excluding hydrogens is 342 g/mol. The van der Waals surface area contributed by atoms with Crippen LogP contribution in [0.5, 0.6) is 0 Å². The maximum atomic E-state index is 12.4. The highest BCUT2D eigenvalue weighted by Crippen LogP contribution is 2.23. The van der Waals surface area contributed by atoms with Crippen molar-refractivity contribution < 1.29 is 22.7 Å². The SMILES string of the molecule is COC(=O)c1ccc(C(=O)c2ccc(Cl)c(S(N)(=O)=O)c2)cc1. The van der Waals surface area contributed by atoms with E-state index in [1.54, 1.807) is 0 Å². The van der Waals surface area contributed by atoms with E-state index >= 15 is 0 Å². The molecule has 0 heterocycles. The zero-order valence-electron chi connectivity index (χ0n) is 11.9. The van der Waals surface area contributed by atoms with E-state index < -0.39 is 21.8 Å². The van der Waals surface area contributed by atoms with E-state index in [4.69, 9.17) is 16.7 Å². The minimum Gasteiger partial charge on any atom is -0.465 e. The lowest BCUT2D eigenvalue weighted by Crippen LogP contribution is -2.14. The molecule has 8 heteroatoms. The Morgan fingerprint density at radius 2 is 1.52 bits per heavy atom. The number of hydrogen-bond acceptors (Lipinski definition) is 5. The Hall–Kier alpha value is -2.22. The number of benzene rings is 2. The van der Waals surface area contributed by atoms with Gasteiger partial charge in [0.1, 0.15) is 4.90 Å². The molecule has 2 aromatic rings. The standard InChI is InChI=1S/C15H12ClNO5S/c1-22-15(19)10-4-2-9(3-5-10)14(18)11-6-7-12(16)13(8-11)23(17,20)21/h2-8H,1H3,(H2,17,20,21). The van der Waals surface area contributed by atoms with Crippen molar-refractivity contribution in [2.24, 2.45) is 5.14 Å². The van der Waals surface area contributed by atoms with Crippen molar-refractivity contribution in [3.8, 4) is 0 Å². The van der Waals surface area contributed by atoms with E-state index in [9.17, 15) is 18.0 Å². The predicted molar refractivity (Wildman–Crippen MR) is 84.0 cm³/mol. The van der Waals surface area contributed by atoms with Gasteiger partial charge in [-0.15, -0.1) is 0 Å². The van der Waals surface area contributed by atoms with Gasteiger partial charge in [0, 0.05) is 11.1 Å². The molecule has 2 aromatic carbocycles. The number of halogens is 1. The number of ether oxygens (including phenoxy) is 1. The lowest BCUT2D eigenvalue weighted by molar-refractivity contribution is 0.0600. The van der Waals surface area contributed by atoms with Crippen molar-refractivity contribution in [2.45, 2.75) is 4.90 Å². The van der Waals surface area contributed by atoms with Gasteiger partial charge in [-0.2, -0.15) is 0 Å². The van der Waals surface area contributed by atoms with Crippen molar-refractivity contribution >= 4 is 33.4 Å². The molecule has 0 aliphatic rings. The fourth-order valence-corrected chi connectivity index (χ4v) is 2.98. The number of carbonyl (C=O) groups is 2. The van der Waals surface area contributed by atoms with Gasteiger partial charge in [-0.3, -0.25) is 4.79 Å². The largest absolute Gasteiger partial charge is 0.465 e. The molecule has 0 bridgehead atoms. The third kappa shape index (κ3) is 3.76. The quantitative estimate of drug-likeness (QED) is 0.668. The van der Waals surface area contributed by atoms with Crippen LogP contribution in [0.15, 0.2) is 47.4 Å².